The molecule has 1 aromatic heterocycles. The highest BCUT2D eigenvalue weighted by Crippen LogP contribution is 2.36. The fourth-order valence-corrected chi connectivity index (χ4v) is 2.40. The zero-order valence-corrected chi connectivity index (χ0v) is 15.4. The van der Waals surface area contributed by atoms with Crippen molar-refractivity contribution in [2.24, 2.45) is 0 Å². The lowest BCUT2D eigenvalue weighted by molar-refractivity contribution is -0.141. The molecule has 1 heterocycles. The first-order valence-electron chi connectivity index (χ1n) is 8.26. The van der Waals surface area contributed by atoms with Crippen molar-refractivity contribution in [2.45, 2.75) is 32.2 Å². The Morgan fingerprint density at radius 2 is 1.93 bits per heavy atom. The predicted molar refractivity (Wildman–Crippen MR) is 96.1 cm³/mol. The third kappa shape index (κ3) is 4.96. The molecule has 0 saturated heterocycles. The number of hydrogen-bond acceptors (Lipinski definition) is 6. The Bertz CT molecular complexity index is 845. The van der Waals surface area contributed by atoms with E-state index in [1.54, 1.807) is 31.0 Å². The highest BCUT2D eigenvalue weighted by molar-refractivity contribution is 5.75. The van der Waals surface area contributed by atoms with Gasteiger partial charge in [-0.1, -0.05) is 0 Å². The van der Waals surface area contributed by atoms with Gasteiger partial charge in [0.1, 0.15) is 11.4 Å². The van der Waals surface area contributed by atoms with Crippen molar-refractivity contribution in [1.29, 1.82) is 0 Å². The molecule has 0 fully saturated rings. The summed E-state index contributed by atoms with van der Waals surface area (Å²) in [5, 5.41) is 2.47. The Balaban J connectivity index is 2.40. The number of aromatic nitrogens is 2. The van der Waals surface area contributed by atoms with Gasteiger partial charge in [0.2, 0.25) is 6.41 Å². The van der Waals surface area contributed by atoms with Gasteiger partial charge < -0.3 is 15.0 Å². The summed E-state index contributed by atoms with van der Waals surface area (Å²) in [7, 11) is 1.63. The molecule has 0 aliphatic rings. The highest BCUT2D eigenvalue weighted by atomic mass is 19.4. The molecule has 0 radical (unpaired) electrons. The van der Waals surface area contributed by atoms with E-state index < -0.39 is 24.0 Å². The number of hydrogen-bond donors (Lipinski definition) is 1. The van der Waals surface area contributed by atoms with Crippen molar-refractivity contribution in [3.8, 4) is 5.75 Å². The molecular weight excluding hydrogens is 377 g/mol. The maximum absolute atomic E-state index is 12.9. The zero-order chi connectivity index (χ0) is 20.9. The van der Waals surface area contributed by atoms with E-state index in [-0.39, 0.29) is 11.6 Å². The van der Waals surface area contributed by atoms with Crippen LogP contribution in [-0.4, -0.2) is 35.8 Å². The van der Waals surface area contributed by atoms with E-state index in [1.807, 2.05) is 0 Å². The largest absolute Gasteiger partial charge is 0.481 e. The number of carbonyl (C=O) groups excluding carboxylic acids is 2. The topological polar surface area (TPSA) is 84.4 Å². The van der Waals surface area contributed by atoms with Crippen molar-refractivity contribution in [3.05, 3.63) is 42.0 Å². The van der Waals surface area contributed by atoms with Crippen LogP contribution in [0, 0.1) is 0 Å². The maximum atomic E-state index is 12.9. The molecule has 2 rings (SSSR count). The van der Waals surface area contributed by atoms with Gasteiger partial charge in [0.25, 0.3) is 0 Å². The van der Waals surface area contributed by atoms with Crippen molar-refractivity contribution >= 4 is 24.1 Å². The Hall–Kier alpha value is -3.17. The van der Waals surface area contributed by atoms with E-state index in [1.165, 1.54) is 13.0 Å². The van der Waals surface area contributed by atoms with Crippen molar-refractivity contribution in [1.82, 2.24) is 9.97 Å². The summed E-state index contributed by atoms with van der Waals surface area (Å²) in [6, 6.07) is 4.89. The second-order valence-electron chi connectivity index (χ2n) is 5.99. The monoisotopic (exact) mass is 396 g/mol. The smallest absolute Gasteiger partial charge is 0.433 e. The average Bonchev–Trinajstić information content (AvgIpc) is 2.66. The first kappa shape index (κ1) is 21.1. The van der Waals surface area contributed by atoms with E-state index in [2.05, 4.69) is 15.3 Å². The number of ether oxygens (including phenoxy) is 1. The minimum atomic E-state index is -4.58. The molecule has 1 amide bonds. The number of halogens is 3. The number of nitrogens with one attached hydrogen (secondary N) is 1. The third-order valence-electron chi connectivity index (χ3n) is 3.99. The first-order chi connectivity index (χ1) is 13.2. The molecule has 2 unspecified atom stereocenters. The van der Waals surface area contributed by atoms with Crippen LogP contribution in [0.2, 0.25) is 0 Å². The number of rotatable bonds is 8. The Kier molecular flexibility index (Phi) is 6.55. The molecule has 0 spiro atoms. The highest BCUT2D eigenvalue weighted by Gasteiger charge is 2.33. The van der Waals surface area contributed by atoms with Crippen LogP contribution in [-0.2, 0) is 15.8 Å². The molecule has 150 valence electrons. The number of amides is 1. The van der Waals surface area contributed by atoms with Crippen LogP contribution in [0.25, 0.3) is 0 Å². The second kappa shape index (κ2) is 8.68. The zero-order valence-electron chi connectivity index (χ0n) is 15.4. The van der Waals surface area contributed by atoms with E-state index in [4.69, 9.17) is 4.74 Å². The standard InChI is InChI=1S/C18H19F3N4O3/c1-11(9-26)28-15-8-13(23-10-27)4-5-14(15)25(3)12(2)17-22-7-6-16(24-17)18(19,20)21/h4-12H,1-3H3,(H,23,27). The van der Waals surface area contributed by atoms with Gasteiger partial charge in [-0.15, -0.1) is 0 Å². The molecule has 0 aliphatic heterocycles. The van der Waals surface area contributed by atoms with Crippen molar-refractivity contribution in [3.63, 3.8) is 0 Å². The van der Waals surface area contributed by atoms with E-state index in [0.29, 0.717) is 24.1 Å². The quantitative estimate of drug-likeness (QED) is 0.690. The molecule has 0 saturated carbocycles. The Morgan fingerprint density at radius 3 is 2.54 bits per heavy atom. The van der Waals surface area contributed by atoms with Gasteiger partial charge in [0.15, 0.2) is 18.2 Å². The Labute approximate surface area is 159 Å². The maximum Gasteiger partial charge on any atom is 0.433 e. The van der Waals surface area contributed by atoms with Crippen LogP contribution in [0.5, 0.6) is 5.75 Å². The molecule has 7 nitrogen and oxygen atoms in total. The molecule has 1 N–H and O–H groups in total. The average molecular weight is 396 g/mol. The van der Waals surface area contributed by atoms with Gasteiger partial charge in [-0.25, -0.2) is 9.97 Å². The molecule has 2 aromatic rings. The number of benzene rings is 1. The van der Waals surface area contributed by atoms with Crippen LogP contribution < -0.4 is 15.0 Å². The summed E-state index contributed by atoms with van der Waals surface area (Å²) >= 11 is 0. The molecule has 28 heavy (non-hydrogen) atoms. The lowest BCUT2D eigenvalue weighted by Crippen LogP contribution is -2.26. The molecule has 1 aromatic carbocycles. The molecule has 10 heteroatoms. The lowest BCUT2D eigenvalue weighted by atomic mass is 10.2. The van der Waals surface area contributed by atoms with E-state index in [0.717, 1.165) is 12.3 Å². The molecule has 0 aliphatic carbocycles. The first-order valence-corrected chi connectivity index (χ1v) is 8.26. The third-order valence-corrected chi connectivity index (χ3v) is 3.99. The predicted octanol–water partition coefficient (Wildman–Crippen LogP) is 3.23. The van der Waals surface area contributed by atoms with Crippen LogP contribution in [0.15, 0.2) is 30.5 Å². The number of nitrogens with zero attached hydrogens (tertiary/aromatic N) is 3. The fraction of sp³-hybridized carbons (Fsp3) is 0.333. The number of aldehydes is 1. The summed E-state index contributed by atoms with van der Waals surface area (Å²) < 4.78 is 44.4. The van der Waals surface area contributed by atoms with Crippen molar-refractivity contribution < 1.29 is 27.5 Å². The minimum Gasteiger partial charge on any atom is -0.481 e. The van der Waals surface area contributed by atoms with Gasteiger partial charge in [-0.05, 0) is 32.0 Å². The van der Waals surface area contributed by atoms with Gasteiger partial charge in [-0.3, -0.25) is 9.59 Å². The number of carbonyl (C=O) groups is 2. The summed E-state index contributed by atoms with van der Waals surface area (Å²) in [4.78, 5) is 30.8. The van der Waals surface area contributed by atoms with Crippen LogP contribution in [0.4, 0.5) is 24.5 Å². The summed E-state index contributed by atoms with van der Waals surface area (Å²) in [6.45, 7) is 3.18. The second-order valence-corrected chi connectivity index (χ2v) is 5.99. The SMILES string of the molecule is CC(C=O)Oc1cc(NC=O)ccc1N(C)C(C)c1nccc(C(F)(F)F)n1. The summed E-state index contributed by atoms with van der Waals surface area (Å²) in [5.74, 6) is 0.245. The van der Waals surface area contributed by atoms with E-state index in [9.17, 15) is 22.8 Å². The van der Waals surface area contributed by atoms with Gasteiger partial charge in [-0.2, -0.15) is 13.2 Å². The number of anilines is 2. The fourth-order valence-electron chi connectivity index (χ4n) is 2.40. The van der Waals surface area contributed by atoms with E-state index >= 15 is 0 Å². The molecular formula is C18H19F3N4O3. The summed E-state index contributed by atoms with van der Waals surface area (Å²) in [6.07, 6.45) is -3.20. The van der Waals surface area contributed by atoms with Crippen LogP contribution in [0.1, 0.15) is 31.4 Å². The minimum absolute atomic E-state index is 0.0261. The molecule has 2 atom stereocenters. The van der Waals surface area contributed by atoms with Gasteiger partial charge in [0.05, 0.1) is 11.7 Å². The van der Waals surface area contributed by atoms with Crippen LogP contribution >= 0.6 is 0 Å². The van der Waals surface area contributed by atoms with Crippen molar-refractivity contribution in [2.75, 3.05) is 17.3 Å². The Morgan fingerprint density at radius 1 is 1.21 bits per heavy atom. The summed E-state index contributed by atoms with van der Waals surface area (Å²) in [5.41, 5.74) is -0.115. The lowest BCUT2D eigenvalue weighted by Gasteiger charge is -2.28. The molecule has 0 bridgehead atoms. The normalized spacial score (nSPS) is 13.4. The van der Waals surface area contributed by atoms with Gasteiger partial charge >= 0.3 is 6.18 Å². The van der Waals surface area contributed by atoms with Crippen LogP contribution in [0.3, 0.4) is 0 Å². The number of alkyl halides is 3. The van der Waals surface area contributed by atoms with Gasteiger partial charge in [0, 0.05) is 25.0 Å².